The lowest BCUT2D eigenvalue weighted by Crippen LogP contribution is -2.60. The van der Waals surface area contributed by atoms with Crippen molar-refractivity contribution >= 4 is 41.8 Å². The van der Waals surface area contributed by atoms with Crippen LogP contribution in [0, 0.1) is 0 Å². The van der Waals surface area contributed by atoms with E-state index in [1.165, 1.54) is 5.06 Å². The van der Waals surface area contributed by atoms with Crippen molar-refractivity contribution < 1.29 is 90.9 Å². The van der Waals surface area contributed by atoms with Gasteiger partial charge in [-0.1, -0.05) is 46.1 Å². The maximum absolute atomic E-state index is 11.6. The highest BCUT2D eigenvalue weighted by atomic mass is 16.6. The largest absolute Gasteiger partial charge is 0.460 e. The minimum Gasteiger partial charge on any atom is -0.460 e. The molecular weight excluding hydrogens is 1630 g/mol. The zero-order chi connectivity index (χ0) is 99.9. The standard InChI is InChI=1S/2C16H29NO3.2C15H27NO3.C14H25NO2.C13H23NO3.C13H23NO2/c2*1-12(2)14(18)20-9-8-19-13-10-15(3,4)17(7)16(5,6)11-13;2*1-11(2)13(17)19-8-7-18-12-9-14(3,4)16-15(5,6)10-12;1-10(2)12(16)17-11-8-13(3,4)15(7)14(5,6)9-11;1-9(2)11(15)17-10-7-12(3,4)14(16)13(5,6)8-10;1-9(2)11(15)16-10-7-12(3,4)14-13(5,6)8-10/h2*13H,1,8-11H2,2-7H3;2*12,16H,1,7-10H2,2-6H3;11H,1,8-9H2,2-7H3;10,16H,1,7-8H2,2-6H3;10,14H,1,7-8H2,2-6H3. The maximum Gasteiger partial charge on any atom is 0.333 e. The molecule has 4 N–H and O–H groups in total. The summed E-state index contributed by atoms with van der Waals surface area (Å²) in [5.41, 5.74) is 3.05. The Morgan fingerprint density at radius 3 is 0.555 bits per heavy atom. The molecule has 0 atom stereocenters. The van der Waals surface area contributed by atoms with E-state index in [9.17, 15) is 38.8 Å². The third-order valence-corrected chi connectivity index (χ3v) is 24.8. The second kappa shape index (κ2) is 48.8. The van der Waals surface area contributed by atoms with Gasteiger partial charge in [0.2, 0.25) is 0 Å². The topological polar surface area (TPSA) is 290 Å². The molecule has 0 bridgehead atoms. The quantitative estimate of drug-likeness (QED) is 0.0271. The van der Waals surface area contributed by atoms with Crippen LogP contribution in [0.3, 0.4) is 0 Å². The SMILES string of the molecule is C=C(C)C(=O)OC1CC(C)(C)N(C)C(C)(C)C1.C=C(C)C(=O)OC1CC(C)(C)N(O)C(C)(C)C1.C=C(C)C(=O)OC1CC(C)(C)NC(C)(C)C1.C=C(C)C(=O)OCCOC1CC(C)(C)N(C)C(C)(C)C1.C=C(C)C(=O)OCCOC1CC(C)(C)N(C)C(C)(C)C1.C=C(C)C(=O)OCCOC1CC(C)(C)NC(C)(C)C1.C=C(C)C(=O)OCCOC1CC(C)(C)NC(C)(C)C1. The van der Waals surface area contributed by atoms with Crippen LogP contribution in [-0.2, 0) is 85.7 Å². The summed E-state index contributed by atoms with van der Waals surface area (Å²) in [5.74, 6) is -2.31. The van der Waals surface area contributed by atoms with Crippen LogP contribution in [0.2, 0.25) is 0 Å². The van der Waals surface area contributed by atoms with E-state index >= 15 is 0 Å². The fourth-order valence-corrected chi connectivity index (χ4v) is 19.1. The van der Waals surface area contributed by atoms with E-state index in [4.69, 9.17) is 52.1 Å². The number of hydrogen-bond donors (Lipinski definition) is 4. The number of nitrogens with one attached hydrogen (secondary N) is 3. The first kappa shape index (κ1) is 120. The van der Waals surface area contributed by atoms with Crippen molar-refractivity contribution in [2.24, 2.45) is 0 Å². The van der Waals surface area contributed by atoms with Gasteiger partial charge in [-0.25, -0.2) is 33.6 Å². The lowest BCUT2D eigenvalue weighted by molar-refractivity contribution is -0.259. The van der Waals surface area contributed by atoms with Crippen molar-refractivity contribution in [2.75, 3.05) is 74.0 Å². The molecule has 7 aliphatic heterocycles. The van der Waals surface area contributed by atoms with E-state index in [0.717, 1.165) is 77.0 Å². The molecule has 740 valence electrons. The molecule has 7 fully saturated rings. The van der Waals surface area contributed by atoms with Gasteiger partial charge >= 0.3 is 41.8 Å². The van der Waals surface area contributed by atoms with Crippen molar-refractivity contribution in [1.82, 2.24) is 35.7 Å². The molecule has 26 nitrogen and oxygen atoms in total. The fourth-order valence-electron chi connectivity index (χ4n) is 19.1. The first-order valence-electron chi connectivity index (χ1n) is 46.0. The third kappa shape index (κ3) is 43.3. The predicted molar refractivity (Wildman–Crippen MR) is 514 cm³/mol. The highest BCUT2D eigenvalue weighted by molar-refractivity contribution is 5.89. The Morgan fingerprint density at radius 2 is 0.383 bits per heavy atom. The maximum atomic E-state index is 11.6. The Morgan fingerprint density at radius 1 is 0.242 bits per heavy atom. The molecular formula is C102H183N7O19. The van der Waals surface area contributed by atoms with Gasteiger partial charge in [-0.3, -0.25) is 14.7 Å². The second-order valence-electron chi connectivity index (χ2n) is 46.1. The van der Waals surface area contributed by atoms with Crippen LogP contribution in [0.25, 0.3) is 0 Å². The second-order valence-corrected chi connectivity index (χ2v) is 46.1. The molecule has 0 amide bonds. The van der Waals surface area contributed by atoms with Gasteiger partial charge in [-0.05, 0) is 315 Å². The van der Waals surface area contributed by atoms with E-state index in [0.29, 0.717) is 91.5 Å². The summed E-state index contributed by atoms with van der Waals surface area (Å²) in [6, 6.07) is 0. The van der Waals surface area contributed by atoms with Crippen LogP contribution >= 0.6 is 0 Å². The minimum atomic E-state index is -0.401. The number of piperidine rings is 7. The van der Waals surface area contributed by atoms with E-state index in [2.05, 4.69) is 264 Å². The average molecular weight is 1810 g/mol. The smallest absolute Gasteiger partial charge is 0.333 e. The molecule has 128 heavy (non-hydrogen) atoms. The first-order chi connectivity index (χ1) is 57.6. The van der Waals surface area contributed by atoms with Crippen LogP contribution in [0.1, 0.15) is 332 Å². The molecule has 26 heteroatoms. The molecule has 0 aliphatic carbocycles. The van der Waals surface area contributed by atoms with Gasteiger partial charge < -0.3 is 73.3 Å². The lowest BCUT2D eigenvalue weighted by atomic mass is 9.78. The Kier molecular flexibility index (Phi) is 45.7. The Bertz CT molecular complexity index is 3420. The molecule has 7 rings (SSSR count). The summed E-state index contributed by atoms with van der Waals surface area (Å²) in [5, 5.41) is 22.2. The van der Waals surface area contributed by atoms with Crippen LogP contribution in [0.4, 0.5) is 0 Å². The molecule has 0 unspecified atom stereocenters. The van der Waals surface area contributed by atoms with Crippen molar-refractivity contribution in [3.63, 3.8) is 0 Å². The van der Waals surface area contributed by atoms with Gasteiger partial charge in [-0.2, -0.15) is 5.06 Å². The van der Waals surface area contributed by atoms with E-state index in [1.807, 2.05) is 27.7 Å². The van der Waals surface area contributed by atoms with Crippen LogP contribution in [-0.4, -0.2) is 261 Å². The van der Waals surface area contributed by atoms with Gasteiger partial charge in [0.05, 0.1) is 50.8 Å². The summed E-state index contributed by atoms with van der Waals surface area (Å²) in [4.78, 5) is 86.7. The van der Waals surface area contributed by atoms with Crippen molar-refractivity contribution in [3.8, 4) is 0 Å². The number of ether oxygens (including phenoxy) is 11. The molecule has 7 heterocycles. The summed E-state index contributed by atoms with van der Waals surface area (Å²) in [6.45, 7) is 100.0. The van der Waals surface area contributed by atoms with Crippen LogP contribution in [0.5, 0.6) is 0 Å². The molecule has 0 aromatic carbocycles. The summed E-state index contributed by atoms with van der Waals surface area (Å²) in [6.07, 6.45) is 13.1. The molecule has 7 aliphatic rings. The summed E-state index contributed by atoms with van der Waals surface area (Å²) >= 11 is 0. The molecule has 0 aromatic heterocycles. The van der Waals surface area contributed by atoms with Crippen LogP contribution < -0.4 is 16.0 Å². The molecule has 0 spiro atoms. The normalized spacial score (nSPS) is 23.0. The van der Waals surface area contributed by atoms with Crippen LogP contribution in [0.15, 0.2) is 85.1 Å². The Hall–Kier alpha value is -6.01. The van der Waals surface area contributed by atoms with E-state index < -0.39 is 11.1 Å². The number of rotatable bonds is 26. The lowest BCUT2D eigenvalue weighted by Gasteiger charge is -2.53. The van der Waals surface area contributed by atoms with Gasteiger partial charge in [0.15, 0.2) is 0 Å². The average Bonchev–Trinajstić information content (AvgIpc) is 0.808. The molecule has 0 aromatic rings. The highest BCUT2D eigenvalue weighted by Crippen LogP contribution is 2.43. The number of nitrogens with zero attached hydrogens (tertiary/aromatic N) is 4. The third-order valence-electron chi connectivity index (χ3n) is 24.8. The fraction of sp³-hybridized carbons (Fsp3) is 0.794. The van der Waals surface area contributed by atoms with Gasteiger partial charge in [-0.15, -0.1) is 0 Å². The van der Waals surface area contributed by atoms with E-state index in [1.54, 1.807) is 48.5 Å². The van der Waals surface area contributed by atoms with Gasteiger partial charge in [0.25, 0.3) is 0 Å². The number of carbonyl (C=O) groups excluding carboxylic acids is 7. The minimum absolute atomic E-state index is 0.00176. The Balaban J connectivity index is 0.000000748. The predicted octanol–water partition coefficient (Wildman–Crippen LogP) is 18.1. The molecule has 0 saturated carbocycles. The monoisotopic (exact) mass is 1810 g/mol. The number of hydroxylamine groups is 2. The molecule has 7 saturated heterocycles. The number of likely N-dealkylation sites (tertiary alicyclic amines) is 3. The van der Waals surface area contributed by atoms with Crippen molar-refractivity contribution in [2.45, 2.75) is 452 Å². The van der Waals surface area contributed by atoms with E-state index in [-0.39, 0.29) is 164 Å². The van der Waals surface area contributed by atoms with Gasteiger partial charge in [0.1, 0.15) is 44.7 Å². The first-order valence-corrected chi connectivity index (χ1v) is 46.0. The zero-order valence-corrected chi connectivity index (χ0v) is 87.6. The van der Waals surface area contributed by atoms with Crippen molar-refractivity contribution in [3.05, 3.63) is 85.1 Å². The summed E-state index contributed by atoms with van der Waals surface area (Å²) in [7, 11) is 6.48. The summed E-state index contributed by atoms with van der Waals surface area (Å²) < 4.78 is 60.0. The zero-order valence-electron chi connectivity index (χ0n) is 87.6. The number of esters is 7. The number of hydrogen-bond acceptors (Lipinski definition) is 26. The highest BCUT2D eigenvalue weighted by Gasteiger charge is 2.50. The van der Waals surface area contributed by atoms with Gasteiger partial charge in [0, 0.05) is 155 Å². The Labute approximate surface area is 776 Å². The van der Waals surface area contributed by atoms with Crippen molar-refractivity contribution in [1.29, 1.82) is 0 Å². The number of carbonyl (C=O) groups is 7. The molecule has 0 radical (unpaired) electrons.